The molecule has 1 fully saturated rings. The summed E-state index contributed by atoms with van der Waals surface area (Å²) in [7, 11) is 1.64. The van der Waals surface area contributed by atoms with Crippen LogP contribution >= 0.6 is 11.6 Å². The maximum Gasteiger partial charge on any atom is 0.237 e. The van der Waals surface area contributed by atoms with E-state index < -0.39 is 5.41 Å². The minimum atomic E-state index is -0.456. The maximum absolute atomic E-state index is 13.3. The summed E-state index contributed by atoms with van der Waals surface area (Å²) in [5.41, 5.74) is 1.38. The highest BCUT2D eigenvalue weighted by molar-refractivity contribution is 6.30. The Morgan fingerprint density at radius 2 is 2.04 bits per heavy atom. The van der Waals surface area contributed by atoms with Gasteiger partial charge in [0, 0.05) is 36.8 Å². The van der Waals surface area contributed by atoms with Gasteiger partial charge in [0.15, 0.2) is 0 Å². The van der Waals surface area contributed by atoms with Gasteiger partial charge >= 0.3 is 0 Å². The van der Waals surface area contributed by atoms with Gasteiger partial charge in [-0.25, -0.2) is 0 Å². The summed E-state index contributed by atoms with van der Waals surface area (Å²) in [4.78, 5) is 19.1. The van der Waals surface area contributed by atoms with E-state index in [1.807, 2.05) is 36.4 Å². The third-order valence-corrected chi connectivity index (χ3v) is 4.51. The highest BCUT2D eigenvalue weighted by atomic mass is 35.5. The molecule has 1 saturated carbocycles. The molecule has 2 aromatic rings. The summed E-state index contributed by atoms with van der Waals surface area (Å²) >= 11 is 6.11. The number of benzene rings is 1. The Morgan fingerprint density at radius 3 is 2.65 bits per heavy atom. The Morgan fingerprint density at radius 1 is 1.30 bits per heavy atom. The number of aromatic nitrogens is 1. The third-order valence-electron chi connectivity index (χ3n) is 4.28. The van der Waals surface area contributed by atoms with Crippen LogP contribution in [-0.2, 0) is 14.9 Å². The molecule has 1 amide bonds. The number of hydrogen-bond acceptors (Lipinski definition) is 3. The molecule has 1 aliphatic rings. The molecule has 1 aromatic heterocycles. The van der Waals surface area contributed by atoms with Crippen LogP contribution in [0.15, 0.2) is 48.8 Å². The minimum absolute atomic E-state index is 0.100. The fraction of sp³-hybridized carbons (Fsp3) is 0.333. The number of ether oxygens (including phenoxy) is 1. The Hall–Kier alpha value is -1.91. The molecular formula is C18H19ClN2O2. The first-order valence-electron chi connectivity index (χ1n) is 7.64. The lowest BCUT2D eigenvalue weighted by molar-refractivity contribution is -0.121. The van der Waals surface area contributed by atoms with Crippen molar-refractivity contribution in [2.75, 3.05) is 25.2 Å². The summed E-state index contributed by atoms with van der Waals surface area (Å²) < 4.78 is 5.17. The van der Waals surface area contributed by atoms with Gasteiger partial charge in [-0.2, -0.15) is 0 Å². The number of hydrogen-bond donors (Lipinski definition) is 0. The van der Waals surface area contributed by atoms with Crippen LogP contribution in [0.2, 0.25) is 5.02 Å². The van der Waals surface area contributed by atoms with Gasteiger partial charge in [-0.15, -0.1) is 0 Å². The van der Waals surface area contributed by atoms with Crippen molar-refractivity contribution >= 4 is 23.2 Å². The zero-order valence-electron chi connectivity index (χ0n) is 13.0. The molecule has 0 atom stereocenters. The van der Waals surface area contributed by atoms with Gasteiger partial charge in [-0.3, -0.25) is 9.78 Å². The summed E-state index contributed by atoms with van der Waals surface area (Å²) in [6.07, 6.45) is 5.09. The van der Waals surface area contributed by atoms with Crippen LogP contribution < -0.4 is 4.90 Å². The third kappa shape index (κ3) is 3.23. The molecule has 1 aromatic carbocycles. The fourth-order valence-electron chi connectivity index (χ4n) is 2.85. The molecule has 0 spiro atoms. The SMILES string of the molecule is COCCN(C(=O)C1(c2cccc(Cl)c2)CC1)c1ccncc1. The molecule has 0 unspecified atom stereocenters. The number of methoxy groups -OCH3 is 1. The van der Waals surface area contributed by atoms with Gasteiger partial charge < -0.3 is 9.64 Å². The predicted molar refractivity (Wildman–Crippen MR) is 90.8 cm³/mol. The summed E-state index contributed by atoms with van der Waals surface area (Å²) in [6.45, 7) is 1.00. The molecule has 23 heavy (non-hydrogen) atoms. The van der Waals surface area contributed by atoms with Gasteiger partial charge in [0.2, 0.25) is 5.91 Å². The average Bonchev–Trinajstić information content (AvgIpc) is 3.38. The Balaban J connectivity index is 1.92. The van der Waals surface area contributed by atoms with Crippen LogP contribution in [-0.4, -0.2) is 31.2 Å². The van der Waals surface area contributed by atoms with Crippen molar-refractivity contribution in [3.63, 3.8) is 0 Å². The van der Waals surface area contributed by atoms with Crippen molar-refractivity contribution in [2.24, 2.45) is 0 Å². The lowest BCUT2D eigenvalue weighted by Gasteiger charge is -2.27. The number of carbonyl (C=O) groups excluding carboxylic acids is 1. The van der Waals surface area contributed by atoms with Crippen molar-refractivity contribution in [3.05, 3.63) is 59.4 Å². The average molecular weight is 331 g/mol. The molecule has 3 rings (SSSR count). The first-order chi connectivity index (χ1) is 11.2. The van der Waals surface area contributed by atoms with Crippen LogP contribution in [0.25, 0.3) is 0 Å². The van der Waals surface area contributed by atoms with E-state index in [1.165, 1.54) is 0 Å². The van der Waals surface area contributed by atoms with Gasteiger partial charge in [0.25, 0.3) is 0 Å². The molecule has 120 valence electrons. The monoisotopic (exact) mass is 330 g/mol. The molecule has 4 nitrogen and oxygen atoms in total. The van der Waals surface area contributed by atoms with Crippen molar-refractivity contribution in [3.8, 4) is 0 Å². The van der Waals surface area contributed by atoms with E-state index in [0.29, 0.717) is 18.2 Å². The quantitative estimate of drug-likeness (QED) is 0.814. The second kappa shape index (κ2) is 6.69. The van der Waals surface area contributed by atoms with E-state index in [9.17, 15) is 4.79 Å². The van der Waals surface area contributed by atoms with Crippen LogP contribution in [0, 0.1) is 0 Å². The standard InChI is InChI=1S/C18H19ClN2O2/c1-23-12-11-21(16-5-9-20-10-6-16)17(22)18(7-8-18)14-3-2-4-15(19)13-14/h2-6,9-10,13H,7-8,11-12H2,1H3. The van der Waals surface area contributed by atoms with Gasteiger partial charge in [0.05, 0.1) is 12.0 Å². The first-order valence-corrected chi connectivity index (χ1v) is 8.02. The minimum Gasteiger partial charge on any atom is -0.383 e. The second-order valence-electron chi connectivity index (χ2n) is 5.75. The summed E-state index contributed by atoms with van der Waals surface area (Å²) in [6, 6.07) is 11.3. The number of rotatable bonds is 6. The molecule has 0 bridgehead atoms. The van der Waals surface area contributed by atoms with E-state index in [0.717, 1.165) is 24.1 Å². The van der Waals surface area contributed by atoms with E-state index >= 15 is 0 Å². The van der Waals surface area contributed by atoms with Crippen molar-refractivity contribution in [1.82, 2.24) is 4.98 Å². The molecular weight excluding hydrogens is 312 g/mol. The molecule has 0 aliphatic heterocycles. The normalized spacial score (nSPS) is 15.2. The maximum atomic E-state index is 13.3. The van der Waals surface area contributed by atoms with Crippen LogP contribution in [0.4, 0.5) is 5.69 Å². The first kappa shape index (κ1) is 16.0. The highest BCUT2D eigenvalue weighted by Crippen LogP contribution is 2.50. The van der Waals surface area contributed by atoms with Crippen molar-refractivity contribution < 1.29 is 9.53 Å². The van der Waals surface area contributed by atoms with E-state index in [2.05, 4.69) is 4.98 Å². The van der Waals surface area contributed by atoms with E-state index in [1.54, 1.807) is 24.4 Å². The Bertz CT molecular complexity index is 686. The number of amides is 1. The van der Waals surface area contributed by atoms with Crippen LogP contribution in [0.5, 0.6) is 0 Å². The highest BCUT2D eigenvalue weighted by Gasteiger charge is 2.53. The zero-order chi connectivity index (χ0) is 16.3. The molecule has 5 heteroatoms. The molecule has 0 saturated heterocycles. The Kier molecular flexibility index (Phi) is 4.64. The molecule has 1 heterocycles. The largest absolute Gasteiger partial charge is 0.383 e. The van der Waals surface area contributed by atoms with Crippen molar-refractivity contribution in [1.29, 1.82) is 0 Å². The zero-order valence-corrected chi connectivity index (χ0v) is 13.8. The predicted octanol–water partition coefficient (Wildman–Crippen LogP) is 3.45. The van der Waals surface area contributed by atoms with Crippen LogP contribution in [0.3, 0.4) is 0 Å². The molecule has 0 radical (unpaired) electrons. The van der Waals surface area contributed by atoms with Gasteiger partial charge in [0.1, 0.15) is 0 Å². The molecule has 1 aliphatic carbocycles. The summed E-state index contributed by atoms with van der Waals surface area (Å²) in [5, 5.41) is 0.661. The van der Waals surface area contributed by atoms with E-state index in [4.69, 9.17) is 16.3 Å². The fourth-order valence-corrected chi connectivity index (χ4v) is 3.04. The van der Waals surface area contributed by atoms with Crippen LogP contribution in [0.1, 0.15) is 18.4 Å². The number of anilines is 1. The topological polar surface area (TPSA) is 42.4 Å². The number of carbonyl (C=O) groups is 1. The number of nitrogens with zero attached hydrogens (tertiary/aromatic N) is 2. The number of halogens is 1. The lowest BCUT2D eigenvalue weighted by atomic mass is 9.94. The van der Waals surface area contributed by atoms with Gasteiger partial charge in [-0.05, 0) is 42.7 Å². The summed E-state index contributed by atoms with van der Waals surface area (Å²) in [5.74, 6) is 0.100. The molecule has 0 N–H and O–H groups in total. The lowest BCUT2D eigenvalue weighted by Crippen LogP contribution is -2.41. The Labute approximate surface area is 141 Å². The van der Waals surface area contributed by atoms with E-state index in [-0.39, 0.29) is 5.91 Å². The van der Waals surface area contributed by atoms with Gasteiger partial charge in [-0.1, -0.05) is 23.7 Å². The smallest absolute Gasteiger partial charge is 0.237 e. The van der Waals surface area contributed by atoms with Crippen molar-refractivity contribution in [2.45, 2.75) is 18.3 Å². The second-order valence-corrected chi connectivity index (χ2v) is 6.18. The number of pyridine rings is 1.